The Morgan fingerprint density at radius 1 is 1.22 bits per heavy atom. The molecule has 0 aromatic heterocycles. The van der Waals surface area contributed by atoms with Crippen LogP contribution in [0.5, 0.6) is 0 Å². The summed E-state index contributed by atoms with van der Waals surface area (Å²) in [6.45, 7) is 2.96. The average molecular weight is 315 g/mol. The Labute approximate surface area is 135 Å². The zero-order valence-electron chi connectivity index (χ0n) is 13.2. The van der Waals surface area contributed by atoms with Crippen molar-refractivity contribution in [1.29, 1.82) is 0 Å². The lowest BCUT2D eigenvalue weighted by Crippen LogP contribution is -2.29. The molecule has 1 saturated carbocycles. The third kappa shape index (κ3) is 3.52. The number of amides is 3. The first-order valence-electron chi connectivity index (χ1n) is 8.07. The van der Waals surface area contributed by atoms with E-state index in [0.29, 0.717) is 36.8 Å². The van der Waals surface area contributed by atoms with Gasteiger partial charge < -0.3 is 15.5 Å². The normalized spacial score (nSPS) is 20.5. The Morgan fingerprint density at radius 2 is 1.91 bits per heavy atom. The van der Waals surface area contributed by atoms with E-state index >= 15 is 0 Å². The number of nitrogens with one attached hydrogen (secondary N) is 2. The number of nitrogens with zero attached hydrogens (tertiary/aromatic N) is 1. The molecule has 1 aliphatic heterocycles. The van der Waals surface area contributed by atoms with Crippen molar-refractivity contribution in [2.75, 3.05) is 18.4 Å². The second-order valence-corrected chi connectivity index (χ2v) is 6.10. The van der Waals surface area contributed by atoms with Gasteiger partial charge >= 0.3 is 0 Å². The number of likely N-dealkylation sites (tertiary alicyclic amines) is 1. The largest absolute Gasteiger partial charge is 0.352 e. The fourth-order valence-corrected chi connectivity index (χ4v) is 2.86. The minimum absolute atomic E-state index is 0.0826. The van der Waals surface area contributed by atoms with Gasteiger partial charge in [-0.25, -0.2) is 0 Å². The highest BCUT2D eigenvalue weighted by molar-refractivity contribution is 5.98. The van der Waals surface area contributed by atoms with E-state index in [1.54, 1.807) is 24.3 Å². The van der Waals surface area contributed by atoms with Crippen molar-refractivity contribution in [3.05, 3.63) is 29.8 Å². The summed E-state index contributed by atoms with van der Waals surface area (Å²) in [5.74, 6) is -0.468. The molecule has 1 heterocycles. The molecular weight excluding hydrogens is 294 g/mol. The molecule has 3 amide bonds. The van der Waals surface area contributed by atoms with Crippen LogP contribution in [0.2, 0.25) is 0 Å². The summed E-state index contributed by atoms with van der Waals surface area (Å²) in [5, 5.41) is 5.56. The van der Waals surface area contributed by atoms with Crippen LogP contribution < -0.4 is 10.6 Å². The lowest BCUT2D eigenvalue weighted by molar-refractivity contribution is -0.128. The van der Waals surface area contributed by atoms with Crippen molar-refractivity contribution in [1.82, 2.24) is 10.2 Å². The third-order valence-electron chi connectivity index (χ3n) is 4.27. The minimum atomic E-state index is -0.286. The molecule has 23 heavy (non-hydrogen) atoms. The molecule has 0 unspecified atom stereocenters. The van der Waals surface area contributed by atoms with E-state index in [-0.39, 0.29) is 23.6 Å². The van der Waals surface area contributed by atoms with Crippen LogP contribution in [0.3, 0.4) is 0 Å². The van der Waals surface area contributed by atoms with Crippen molar-refractivity contribution in [3.8, 4) is 0 Å². The van der Waals surface area contributed by atoms with Crippen molar-refractivity contribution in [2.24, 2.45) is 5.92 Å². The molecule has 0 bridgehead atoms. The molecule has 6 nitrogen and oxygen atoms in total. The number of hydrogen-bond donors (Lipinski definition) is 2. The molecule has 3 rings (SSSR count). The molecule has 1 atom stereocenters. The summed E-state index contributed by atoms with van der Waals surface area (Å²) >= 11 is 0. The Balaban J connectivity index is 1.57. The minimum Gasteiger partial charge on any atom is -0.352 e. The number of carbonyl (C=O) groups is 3. The third-order valence-corrected chi connectivity index (χ3v) is 4.27. The van der Waals surface area contributed by atoms with Gasteiger partial charge in [-0.05, 0) is 44.0 Å². The van der Waals surface area contributed by atoms with Gasteiger partial charge in [0.25, 0.3) is 5.91 Å². The number of benzene rings is 1. The van der Waals surface area contributed by atoms with Crippen LogP contribution >= 0.6 is 0 Å². The van der Waals surface area contributed by atoms with E-state index in [1.165, 1.54) is 0 Å². The van der Waals surface area contributed by atoms with Gasteiger partial charge in [0, 0.05) is 36.8 Å². The average Bonchev–Trinajstić information content (AvgIpc) is 3.30. The molecule has 1 saturated heterocycles. The zero-order valence-corrected chi connectivity index (χ0v) is 13.2. The number of anilines is 1. The smallest absolute Gasteiger partial charge is 0.251 e. The van der Waals surface area contributed by atoms with Crippen molar-refractivity contribution < 1.29 is 14.4 Å². The van der Waals surface area contributed by atoms with E-state index in [0.717, 1.165) is 12.8 Å². The van der Waals surface area contributed by atoms with Crippen molar-refractivity contribution in [3.63, 3.8) is 0 Å². The molecule has 1 aromatic rings. The topological polar surface area (TPSA) is 78.5 Å². The maximum absolute atomic E-state index is 12.3. The lowest BCUT2D eigenvalue weighted by Gasteiger charge is -2.15. The molecule has 122 valence electrons. The van der Waals surface area contributed by atoms with Crippen molar-refractivity contribution >= 4 is 23.4 Å². The Kier molecular flexibility index (Phi) is 4.32. The highest BCUT2D eigenvalue weighted by Gasteiger charge is 2.41. The van der Waals surface area contributed by atoms with E-state index in [9.17, 15) is 14.4 Å². The van der Waals surface area contributed by atoms with Gasteiger partial charge in [-0.2, -0.15) is 0 Å². The van der Waals surface area contributed by atoms with E-state index in [2.05, 4.69) is 10.6 Å². The molecule has 1 aromatic carbocycles. The first-order valence-corrected chi connectivity index (χ1v) is 8.07. The summed E-state index contributed by atoms with van der Waals surface area (Å²) in [6, 6.07) is 7.13. The lowest BCUT2D eigenvalue weighted by atomic mass is 10.1. The highest BCUT2D eigenvalue weighted by atomic mass is 16.2. The predicted molar refractivity (Wildman–Crippen MR) is 85.9 cm³/mol. The van der Waals surface area contributed by atoms with E-state index < -0.39 is 0 Å². The van der Waals surface area contributed by atoms with Gasteiger partial charge in [-0.1, -0.05) is 0 Å². The predicted octanol–water partition coefficient (Wildman–Crippen LogP) is 1.39. The summed E-state index contributed by atoms with van der Waals surface area (Å²) in [5.41, 5.74) is 1.20. The highest BCUT2D eigenvalue weighted by Crippen LogP contribution is 2.32. The monoisotopic (exact) mass is 315 g/mol. The summed E-state index contributed by atoms with van der Waals surface area (Å²) in [4.78, 5) is 37.7. The number of rotatable bonds is 5. The van der Waals surface area contributed by atoms with Gasteiger partial charge in [-0.3, -0.25) is 14.4 Å². The Bertz CT molecular complexity index is 622. The number of carbonyl (C=O) groups excluding carboxylic acids is 3. The van der Waals surface area contributed by atoms with Gasteiger partial charge in [0.1, 0.15) is 0 Å². The molecule has 2 aliphatic rings. The van der Waals surface area contributed by atoms with Gasteiger partial charge in [0.15, 0.2) is 0 Å². The van der Waals surface area contributed by atoms with Crippen LogP contribution in [0.25, 0.3) is 0 Å². The van der Waals surface area contributed by atoms with E-state index in [4.69, 9.17) is 0 Å². The van der Waals surface area contributed by atoms with Gasteiger partial charge in [0.05, 0.1) is 5.92 Å². The molecule has 0 radical (unpaired) electrons. The summed E-state index contributed by atoms with van der Waals surface area (Å²) in [6.07, 6.45) is 2.40. The zero-order chi connectivity index (χ0) is 16.4. The standard InChI is InChI=1S/C17H21N3O3/c1-2-18-16(22)11-3-5-13(6-4-11)19-17(23)12-9-15(21)20(10-12)14-7-8-14/h3-6,12,14H,2,7-10H2,1H3,(H,18,22)(H,19,23)/t12-/m1/s1. The second-order valence-electron chi connectivity index (χ2n) is 6.10. The molecule has 0 spiro atoms. The fourth-order valence-electron chi connectivity index (χ4n) is 2.86. The molecule has 6 heteroatoms. The number of hydrogen-bond acceptors (Lipinski definition) is 3. The van der Waals surface area contributed by atoms with Crippen LogP contribution in [0, 0.1) is 5.92 Å². The van der Waals surface area contributed by atoms with Gasteiger partial charge in [-0.15, -0.1) is 0 Å². The van der Waals surface area contributed by atoms with Crippen LogP contribution in [0.4, 0.5) is 5.69 Å². The van der Waals surface area contributed by atoms with Crippen LogP contribution in [-0.4, -0.2) is 41.8 Å². The first kappa shape index (κ1) is 15.5. The van der Waals surface area contributed by atoms with Gasteiger partial charge in [0.2, 0.25) is 11.8 Å². The summed E-state index contributed by atoms with van der Waals surface area (Å²) in [7, 11) is 0. The molecule has 1 aliphatic carbocycles. The molecule has 2 fully saturated rings. The quantitative estimate of drug-likeness (QED) is 0.862. The summed E-state index contributed by atoms with van der Waals surface area (Å²) < 4.78 is 0. The SMILES string of the molecule is CCNC(=O)c1ccc(NC(=O)[C@@H]2CC(=O)N(C3CC3)C2)cc1. The first-order chi connectivity index (χ1) is 11.1. The second kappa shape index (κ2) is 6.40. The van der Waals surface area contributed by atoms with Crippen LogP contribution in [0.1, 0.15) is 36.5 Å². The Morgan fingerprint density at radius 3 is 2.52 bits per heavy atom. The fraction of sp³-hybridized carbons (Fsp3) is 0.471. The van der Waals surface area contributed by atoms with Crippen molar-refractivity contribution in [2.45, 2.75) is 32.2 Å². The van der Waals surface area contributed by atoms with E-state index in [1.807, 2.05) is 11.8 Å². The maximum Gasteiger partial charge on any atom is 0.251 e. The van der Waals surface area contributed by atoms with Crippen LogP contribution in [0.15, 0.2) is 24.3 Å². The molecular formula is C17H21N3O3. The Hall–Kier alpha value is -2.37. The van der Waals surface area contributed by atoms with Crippen LogP contribution in [-0.2, 0) is 9.59 Å². The molecule has 2 N–H and O–H groups in total. The maximum atomic E-state index is 12.3.